The molecule has 2 amide bonds. The van der Waals surface area contributed by atoms with Crippen molar-refractivity contribution in [1.29, 1.82) is 0 Å². The van der Waals surface area contributed by atoms with E-state index < -0.39 is 5.72 Å². The Balaban J connectivity index is 1.73. The van der Waals surface area contributed by atoms with E-state index in [1.165, 1.54) is 11.0 Å². The molecule has 0 aliphatic carbocycles. The summed E-state index contributed by atoms with van der Waals surface area (Å²) < 4.78 is 25.7. The number of nitrogens with zero attached hydrogens (tertiary/aromatic N) is 1. The number of methoxy groups -OCH3 is 1. The van der Waals surface area contributed by atoms with Crippen molar-refractivity contribution in [1.82, 2.24) is 10.2 Å². The lowest BCUT2D eigenvalue weighted by molar-refractivity contribution is -0.0894. The van der Waals surface area contributed by atoms with Crippen molar-refractivity contribution in [3.05, 3.63) is 59.4 Å². The first-order valence-corrected chi connectivity index (χ1v) is 8.19. The fraction of sp³-hybridized carbons (Fsp3) is 0.316. The van der Waals surface area contributed by atoms with Crippen LogP contribution in [0.15, 0.2) is 42.5 Å². The zero-order valence-electron chi connectivity index (χ0n) is 14.1. The number of para-hydroxylation sites is 1. The van der Waals surface area contributed by atoms with E-state index in [9.17, 15) is 9.18 Å². The van der Waals surface area contributed by atoms with Crippen molar-refractivity contribution in [3.8, 4) is 11.5 Å². The lowest BCUT2D eigenvalue weighted by Gasteiger charge is -2.50. The number of amides is 2. The van der Waals surface area contributed by atoms with Gasteiger partial charge in [-0.25, -0.2) is 9.18 Å². The predicted octanol–water partition coefficient (Wildman–Crippen LogP) is 3.60. The highest BCUT2D eigenvalue weighted by Gasteiger charge is 2.49. The van der Waals surface area contributed by atoms with Crippen LogP contribution in [0, 0.1) is 5.82 Å². The Morgan fingerprint density at radius 3 is 2.88 bits per heavy atom. The second-order valence-corrected chi connectivity index (χ2v) is 6.54. The van der Waals surface area contributed by atoms with Gasteiger partial charge in [0.05, 0.1) is 19.7 Å². The van der Waals surface area contributed by atoms with Crippen LogP contribution in [0.25, 0.3) is 0 Å². The number of ether oxygens (including phenoxy) is 2. The number of hydrogen-bond acceptors (Lipinski definition) is 3. The summed E-state index contributed by atoms with van der Waals surface area (Å²) in [7, 11) is 1.58. The molecule has 2 heterocycles. The summed E-state index contributed by atoms with van der Waals surface area (Å²) in [4.78, 5) is 14.2. The fourth-order valence-corrected chi connectivity index (χ4v) is 3.60. The van der Waals surface area contributed by atoms with Crippen molar-refractivity contribution >= 4 is 6.03 Å². The Morgan fingerprint density at radius 2 is 2.12 bits per heavy atom. The molecule has 2 aromatic rings. The van der Waals surface area contributed by atoms with Gasteiger partial charge < -0.3 is 14.8 Å². The van der Waals surface area contributed by atoms with Gasteiger partial charge in [-0.1, -0.05) is 30.3 Å². The highest BCUT2D eigenvalue weighted by molar-refractivity contribution is 5.77. The van der Waals surface area contributed by atoms with Gasteiger partial charge in [-0.3, -0.25) is 4.90 Å². The molecular weight excluding hydrogens is 323 g/mol. The summed E-state index contributed by atoms with van der Waals surface area (Å²) in [5, 5.41) is 3.00. The van der Waals surface area contributed by atoms with Crippen LogP contribution in [-0.4, -0.2) is 23.8 Å². The minimum absolute atomic E-state index is 0.131. The van der Waals surface area contributed by atoms with Gasteiger partial charge in [0.2, 0.25) is 0 Å². The smallest absolute Gasteiger partial charge is 0.321 e. The summed E-state index contributed by atoms with van der Waals surface area (Å²) in [5.74, 6) is 0.910. The Morgan fingerprint density at radius 1 is 1.32 bits per heavy atom. The molecule has 25 heavy (non-hydrogen) atoms. The maximum atomic E-state index is 14.1. The summed E-state index contributed by atoms with van der Waals surface area (Å²) in [6, 6.07) is 11.7. The van der Waals surface area contributed by atoms with E-state index in [0.29, 0.717) is 23.5 Å². The summed E-state index contributed by atoms with van der Waals surface area (Å²) in [5.41, 5.74) is 0.471. The molecule has 2 unspecified atom stereocenters. The van der Waals surface area contributed by atoms with Gasteiger partial charge in [-0.15, -0.1) is 0 Å². The molecule has 2 bridgehead atoms. The molecule has 4 rings (SSSR count). The number of nitrogens with one attached hydrogen (secondary N) is 1. The second kappa shape index (κ2) is 5.65. The Kier molecular flexibility index (Phi) is 3.56. The van der Waals surface area contributed by atoms with Gasteiger partial charge in [0.15, 0.2) is 17.2 Å². The van der Waals surface area contributed by atoms with E-state index in [1.807, 2.05) is 25.1 Å². The number of rotatable bonds is 3. The maximum Gasteiger partial charge on any atom is 0.321 e. The van der Waals surface area contributed by atoms with E-state index in [2.05, 4.69) is 5.32 Å². The molecule has 130 valence electrons. The van der Waals surface area contributed by atoms with Gasteiger partial charge >= 0.3 is 6.03 Å². The van der Waals surface area contributed by atoms with E-state index in [4.69, 9.17) is 9.47 Å². The molecule has 2 aliphatic rings. The third-order valence-electron chi connectivity index (χ3n) is 4.91. The van der Waals surface area contributed by atoms with E-state index in [0.717, 1.165) is 5.56 Å². The molecule has 2 atom stereocenters. The van der Waals surface area contributed by atoms with Crippen molar-refractivity contribution in [3.63, 3.8) is 0 Å². The Bertz CT molecular complexity index is 841. The van der Waals surface area contributed by atoms with Crippen molar-refractivity contribution in [2.24, 2.45) is 0 Å². The average Bonchev–Trinajstić information content (AvgIpc) is 2.59. The molecule has 2 aromatic carbocycles. The van der Waals surface area contributed by atoms with E-state index in [-0.39, 0.29) is 24.4 Å². The van der Waals surface area contributed by atoms with Crippen molar-refractivity contribution in [2.45, 2.75) is 31.7 Å². The lowest BCUT2D eigenvalue weighted by atomic mass is 9.90. The normalized spacial score (nSPS) is 24.2. The molecule has 0 radical (unpaired) electrons. The van der Waals surface area contributed by atoms with Crippen LogP contribution in [0.2, 0.25) is 0 Å². The van der Waals surface area contributed by atoms with Crippen LogP contribution < -0.4 is 14.8 Å². The Labute approximate surface area is 145 Å². The second-order valence-electron chi connectivity index (χ2n) is 6.54. The molecule has 2 aliphatic heterocycles. The average molecular weight is 342 g/mol. The number of benzene rings is 2. The van der Waals surface area contributed by atoms with Crippen LogP contribution in [0.4, 0.5) is 9.18 Å². The largest absolute Gasteiger partial charge is 0.493 e. The zero-order chi connectivity index (χ0) is 17.6. The molecule has 1 fully saturated rings. The first-order valence-electron chi connectivity index (χ1n) is 8.19. The first kappa shape index (κ1) is 15.7. The zero-order valence-corrected chi connectivity index (χ0v) is 14.1. The van der Waals surface area contributed by atoms with Gasteiger partial charge in [-0.05, 0) is 19.1 Å². The van der Waals surface area contributed by atoms with Crippen molar-refractivity contribution < 1.29 is 18.7 Å². The van der Waals surface area contributed by atoms with Crippen LogP contribution >= 0.6 is 0 Å². The summed E-state index contributed by atoms with van der Waals surface area (Å²) in [6.45, 7) is 1.99. The Hall–Kier alpha value is -2.76. The minimum atomic E-state index is -0.878. The number of hydrogen-bond donors (Lipinski definition) is 1. The summed E-state index contributed by atoms with van der Waals surface area (Å²) >= 11 is 0. The van der Waals surface area contributed by atoms with Gasteiger partial charge in [-0.2, -0.15) is 0 Å². The molecule has 1 N–H and O–H groups in total. The van der Waals surface area contributed by atoms with E-state index >= 15 is 0 Å². The number of urea groups is 1. The third-order valence-corrected chi connectivity index (χ3v) is 4.91. The SMILES string of the molecule is COc1cccc2c1OC1(C)CC2NC(=O)N1Cc1ccccc1F. The highest BCUT2D eigenvalue weighted by Crippen LogP contribution is 2.48. The molecule has 1 saturated heterocycles. The number of carbonyl (C=O) groups excluding carboxylic acids is 1. The lowest BCUT2D eigenvalue weighted by Crippen LogP contribution is -2.64. The highest BCUT2D eigenvalue weighted by atomic mass is 19.1. The number of fused-ring (bicyclic) bond motifs is 4. The number of carbonyl (C=O) groups is 1. The van der Waals surface area contributed by atoms with Crippen LogP contribution in [0.1, 0.15) is 30.5 Å². The topological polar surface area (TPSA) is 50.8 Å². The van der Waals surface area contributed by atoms with Gasteiger partial charge in [0, 0.05) is 17.5 Å². The number of halogens is 1. The molecule has 0 saturated carbocycles. The van der Waals surface area contributed by atoms with Crippen LogP contribution in [-0.2, 0) is 6.54 Å². The van der Waals surface area contributed by atoms with Crippen molar-refractivity contribution in [2.75, 3.05) is 7.11 Å². The van der Waals surface area contributed by atoms with Gasteiger partial charge in [0.1, 0.15) is 5.82 Å². The fourth-order valence-electron chi connectivity index (χ4n) is 3.60. The van der Waals surface area contributed by atoms with Crippen LogP contribution in [0.3, 0.4) is 0 Å². The monoisotopic (exact) mass is 342 g/mol. The standard InChI is InChI=1S/C19H19FN2O3/c1-19-10-15(13-7-5-9-16(24-2)17(13)25-19)21-18(23)22(19)11-12-6-3-4-8-14(12)20/h3-9,15H,10-11H2,1-2H3,(H,21,23). The predicted molar refractivity (Wildman–Crippen MR) is 89.9 cm³/mol. The van der Waals surface area contributed by atoms with Crippen LogP contribution in [0.5, 0.6) is 11.5 Å². The molecule has 5 nitrogen and oxygen atoms in total. The third kappa shape index (κ3) is 2.49. The minimum Gasteiger partial charge on any atom is -0.493 e. The first-order chi connectivity index (χ1) is 12.0. The quantitative estimate of drug-likeness (QED) is 0.927. The maximum absolute atomic E-state index is 14.1. The van der Waals surface area contributed by atoms with E-state index in [1.54, 1.807) is 25.3 Å². The molecule has 6 heteroatoms. The molecule has 0 spiro atoms. The molecule has 0 aromatic heterocycles. The summed E-state index contributed by atoms with van der Waals surface area (Å²) in [6.07, 6.45) is 0.577. The molecular formula is C19H19FN2O3. The van der Waals surface area contributed by atoms with Gasteiger partial charge in [0.25, 0.3) is 0 Å².